The quantitative estimate of drug-likeness (QED) is 0.624. The molecule has 0 saturated carbocycles. The molecule has 0 spiro atoms. The van der Waals surface area contributed by atoms with Crippen LogP contribution >= 0.6 is 0 Å². The van der Waals surface area contributed by atoms with Crippen LogP contribution in [0.3, 0.4) is 0 Å². The fourth-order valence-electron chi connectivity index (χ4n) is 4.14. The maximum Gasteiger partial charge on any atom is 0.339 e. The van der Waals surface area contributed by atoms with Gasteiger partial charge in [-0.25, -0.2) is 4.79 Å². The van der Waals surface area contributed by atoms with Gasteiger partial charge in [-0.05, 0) is 49.2 Å². The van der Waals surface area contributed by atoms with Gasteiger partial charge in [-0.3, -0.25) is 4.90 Å². The van der Waals surface area contributed by atoms with Crippen LogP contribution in [-0.4, -0.2) is 34.1 Å². The summed E-state index contributed by atoms with van der Waals surface area (Å²) in [6, 6.07) is 15.7. The number of rotatable bonds is 4. The van der Waals surface area contributed by atoms with Crippen molar-refractivity contribution in [2.45, 2.75) is 38.3 Å². The predicted molar refractivity (Wildman–Crippen MR) is 107 cm³/mol. The summed E-state index contributed by atoms with van der Waals surface area (Å²) in [4.78, 5) is 19.3. The maximum absolute atomic E-state index is 12.3. The number of benzene rings is 2. The van der Waals surface area contributed by atoms with Gasteiger partial charge in [-0.15, -0.1) is 0 Å². The number of piperidine rings is 1. The highest BCUT2D eigenvalue weighted by Crippen LogP contribution is 2.30. The molecule has 1 atom stereocenters. The molecule has 0 bridgehead atoms. The molecule has 0 amide bonds. The molecule has 29 heavy (non-hydrogen) atoms. The molecule has 3 aromatic rings. The third-order valence-electron chi connectivity index (χ3n) is 5.65. The molecular weight excluding hydrogens is 366 g/mol. The van der Waals surface area contributed by atoms with Crippen LogP contribution in [0.2, 0.25) is 0 Å². The van der Waals surface area contributed by atoms with Crippen LogP contribution in [0.15, 0.2) is 53.1 Å². The topological polar surface area (TPSA) is 68.5 Å². The molecule has 3 heterocycles. The molecule has 5 rings (SSSR count). The van der Waals surface area contributed by atoms with Crippen molar-refractivity contribution in [3.8, 4) is 11.4 Å². The Labute approximate surface area is 169 Å². The molecule has 1 aromatic heterocycles. The van der Waals surface area contributed by atoms with Crippen LogP contribution in [0.25, 0.3) is 11.4 Å². The minimum absolute atomic E-state index is 0.337. The van der Waals surface area contributed by atoms with E-state index in [4.69, 9.17) is 9.26 Å². The highest BCUT2D eigenvalue weighted by atomic mass is 16.6. The number of nitrogens with zero attached hydrogens (tertiary/aromatic N) is 3. The third kappa shape index (κ3) is 3.80. The van der Waals surface area contributed by atoms with Crippen molar-refractivity contribution >= 4 is 5.97 Å². The molecule has 148 valence electrons. The minimum Gasteiger partial charge on any atom is -0.448 e. The molecule has 0 radical (unpaired) electrons. The van der Waals surface area contributed by atoms with Crippen molar-refractivity contribution in [3.05, 3.63) is 71.1 Å². The van der Waals surface area contributed by atoms with Crippen LogP contribution < -0.4 is 0 Å². The van der Waals surface area contributed by atoms with E-state index in [1.807, 2.05) is 30.3 Å². The number of carbonyl (C=O) groups is 1. The van der Waals surface area contributed by atoms with Gasteiger partial charge in [0.1, 0.15) is 0 Å². The van der Waals surface area contributed by atoms with E-state index in [9.17, 15) is 4.79 Å². The van der Waals surface area contributed by atoms with E-state index in [1.165, 1.54) is 24.8 Å². The van der Waals surface area contributed by atoms with Crippen molar-refractivity contribution in [2.75, 3.05) is 13.1 Å². The summed E-state index contributed by atoms with van der Waals surface area (Å²) >= 11 is 0. The lowest BCUT2D eigenvalue weighted by atomic mass is 9.99. The fraction of sp³-hybridized carbons (Fsp3) is 0.348. The third-order valence-corrected chi connectivity index (χ3v) is 5.65. The molecule has 2 aliphatic heterocycles. The van der Waals surface area contributed by atoms with Gasteiger partial charge in [0.25, 0.3) is 5.89 Å². The molecular formula is C23H23N3O3. The van der Waals surface area contributed by atoms with Crippen molar-refractivity contribution in [3.63, 3.8) is 0 Å². The Morgan fingerprint density at radius 1 is 1.03 bits per heavy atom. The van der Waals surface area contributed by atoms with Crippen LogP contribution in [0.4, 0.5) is 0 Å². The zero-order valence-electron chi connectivity index (χ0n) is 16.2. The number of esters is 1. The summed E-state index contributed by atoms with van der Waals surface area (Å²) in [5, 5.41) is 4.14. The monoisotopic (exact) mass is 389 g/mol. The summed E-state index contributed by atoms with van der Waals surface area (Å²) in [5.74, 6) is 0.514. The second-order valence-electron chi connectivity index (χ2n) is 7.75. The van der Waals surface area contributed by atoms with E-state index in [-0.39, 0.29) is 5.97 Å². The van der Waals surface area contributed by atoms with Crippen LogP contribution in [-0.2, 0) is 17.7 Å². The van der Waals surface area contributed by atoms with Gasteiger partial charge in [-0.2, -0.15) is 4.98 Å². The highest BCUT2D eigenvalue weighted by molar-refractivity contribution is 5.92. The Bertz CT molecular complexity index is 1020. The van der Waals surface area contributed by atoms with Crippen molar-refractivity contribution in [2.24, 2.45) is 0 Å². The van der Waals surface area contributed by atoms with Crippen molar-refractivity contribution in [1.29, 1.82) is 0 Å². The molecule has 6 heteroatoms. The number of likely N-dealkylation sites (tertiary alicyclic amines) is 1. The average molecular weight is 389 g/mol. The molecule has 2 aliphatic rings. The largest absolute Gasteiger partial charge is 0.448 e. The van der Waals surface area contributed by atoms with Gasteiger partial charge in [-0.1, -0.05) is 48.0 Å². The van der Waals surface area contributed by atoms with E-state index in [2.05, 4.69) is 27.2 Å². The SMILES string of the molecule is O=C1O[C@H](c2nc(-c3cccc(CN4CCCCC4)c3)no2)Cc2ccccc21. The molecule has 0 N–H and O–H groups in total. The van der Waals surface area contributed by atoms with Gasteiger partial charge in [0.2, 0.25) is 5.82 Å². The van der Waals surface area contributed by atoms with E-state index in [1.54, 1.807) is 6.07 Å². The Kier molecular flexibility index (Phi) is 4.86. The number of ether oxygens (including phenoxy) is 1. The van der Waals surface area contributed by atoms with Crippen LogP contribution in [0.5, 0.6) is 0 Å². The fourth-order valence-corrected chi connectivity index (χ4v) is 4.14. The van der Waals surface area contributed by atoms with Crippen LogP contribution in [0, 0.1) is 0 Å². The Hall–Kier alpha value is -2.99. The number of cyclic esters (lactones) is 1. The van der Waals surface area contributed by atoms with E-state index >= 15 is 0 Å². The Balaban J connectivity index is 1.34. The first-order valence-electron chi connectivity index (χ1n) is 10.2. The first-order valence-corrected chi connectivity index (χ1v) is 10.2. The number of hydrogen-bond acceptors (Lipinski definition) is 6. The molecule has 0 unspecified atom stereocenters. The summed E-state index contributed by atoms with van der Waals surface area (Å²) in [7, 11) is 0. The molecule has 6 nitrogen and oxygen atoms in total. The average Bonchev–Trinajstić information content (AvgIpc) is 3.25. The number of fused-ring (bicyclic) bond motifs is 1. The summed E-state index contributed by atoms with van der Waals surface area (Å²) in [5.41, 5.74) is 3.71. The van der Waals surface area contributed by atoms with Crippen molar-refractivity contribution < 1.29 is 14.1 Å². The smallest absolute Gasteiger partial charge is 0.339 e. The molecule has 1 fully saturated rings. The van der Waals surface area contributed by atoms with E-state index in [0.29, 0.717) is 23.7 Å². The molecule has 1 saturated heterocycles. The van der Waals surface area contributed by atoms with E-state index < -0.39 is 6.10 Å². The predicted octanol–water partition coefficient (Wildman–Crippen LogP) is 4.18. The summed E-state index contributed by atoms with van der Waals surface area (Å²) in [6.45, 7) is 3.26. The van der Waals surface area contributed by atoms with Gasteiger partial charge < -0.3 is 9.26 Å². The molecule has 2 aromatic carbocycles. The number of carbonyl (C=O) groups excluding carboxylic acids is 1. The zero-order chi connectivity index (χ0) is 19.6. The summed E-state index contributed by atoms with van der Waals surface area (Å²) < 4.78 is 11.0. The second-order valence-corrected chi connectivity index (χ2v) is 7.75. The molecule has 0 aliphatic carbocycles. The lowest BCUT2D eigenvalue weighted by molar-refractivity contribution is 0.0168. The lowest BCUT2D eigenvalue weighted by Crippen LogP contribution is -2.29. The second kappa shape index (κ2) is 7.79. The van der Waals surface area contributed by atoms with Gasteiger partial charge >= 0.3 is 5.97 Å². The Morgan fingerprint density at radius 2 is 1.90 bits per heavy atom. The van der Waals surface area contributed by atoms with Gasteiger partial charge in [0.15, 0.2) is 6.10 Å². The highest BCUT2D eigenvalue weighted by Gasteiger charge is 2.31. The van der Waals surface area contributed by atoms with Crippen molar-refractivity contribution in [1.82, 2.24) is 15.0 Å². The number of aromatic nitrogens is 2. The minimum atomic E-state index is -0.546. The Morgan fingerprint density at radius 3 is 2.79 bits per heavy atom. The standard InChI is InChI=1S/C23H23N3O3/c27-23-19-10-3-2-8-17(19)14-20(28-23)22-24-21(25-29-22)18-9-6-7-16(13-18)15-26-11-4-1-5-12-26/h2-3,6-10,13,20H,1,4-5,11-12,14-15H2/t20-/m0/s1. The first kappa shape index (κ1) is 18.1. The van der Waals surface area contributed by atoms with Crippen LogP contribution in [0.1, 0.15) is 52.7 Å². The summed E-state index contributed by atoms with van der Waals surface area (Å²) in [6.07, 6.45) is 3.88. The lowest BCUT2D eigenvalue weighted by Gasteiger charge is -2.26. The number of hydrogen-bond donors (Lipinski definition) is 0. The first-order chi connectivity index (χ1) is 14.3. The normalized spacial score (nSPS) is 19.6. The maximum atomic E-state index is 12.3. The van der Waals surface area contributed by atoms with Gasteiger partial charge in [0.05, 0.1) is 5.56 Å². The zero-order valence-corrected chi connectivity index (χ0v) is 16.2. The van der Waals surface area contributed by atoms with E-state index in [0.717, 1.165) is 30.8 Å². The van der Waals surface area contributed by atoms with Gasteiger partial charge in [0, 0.05) is 18.5 Å².